The number of nitrogens with two attached hydrogens (primary N) is 2. The van der Waals surface area contributed by atoms with Crippen LogP contribution in [-0.4, -0.2) is 22.2 Å². The van der Waals surface area contributed by atoms with E-state index in [0.29, 0.717) is 0 Å². The molecule has 8 nitrogen and oxygen atoms in total. The van der Waals surface area contributed by atoms with E-state index in [2.05, 4.69) is 0 Å². The molecule has 0 aliphatic rings. The van der Waals surface area contributed by atoms with Gasteiger partial charge in [-0.05, 0) is 47.5 Å². The van der Waals surface area contributed by atoms with Crippen LogP contribution in [0.1, 0.15) is 31.8 Å². The number of hydrogen-bond acceptors (Lipinski definition) is 8. The Labute approximate surface area is 172 Å². The van der Waals surface area contributed by atoms with Crippen LogP contribution in [0.15, 0.2) is 60.7 Å². The molecule has 6 N–H and O–H groups in total. The molecule has 0 aliphatic carbocycles. The number of anilines is 2. The Morgan fingerprint density at radius 1 is 0.667 bits per heavy atom. The first kappa shape index (κ1) is 20.5. The van der Waals surface area contributed by atoms with Crippen LogP contribution in [0.25, 0.3) is 0 Å². The van der Waals surface area contributed by atoms with Gasteiger partial charge in [0.1, 0.15) is 24.7 Å². The van der Waals surface area contributed by atoms with E-state index >= 15 is 0 Å². The molecule has 3 aromatic rings. The van der Waals surface area contributed by atoms with Crippen molar-refractivity contribution in [3.63, 3.8) is 0 Å². The first-order valence-electron chi connectivity index (χ1n) is 8.92. The van der Waals surface area contributed by atoms with Gasteiger partial charge in [0.2, 0.25) is 0 Å². The van der Waals surface area contributed by atoms with Crippen LogP contribution in [0.3, 0.4) is 0 Å². The van der Waals surface area contributed by atoms with Crippen molar-refractivity contribution in [1.82, 2.24) is 0 Å². The van der Waals surface area contributed by atoms with Crippen LogP contribution >= 0.6 is 0 Å². The topological polar surface area (TPSA) is 145 Å². The summed E-state index contributed by atoms with van der Waals surface area (Å²) < 4.78 is 10.4. The van der Waals surface area contributed by atoms with Crippen molar-refractivity contribution in [1.29, 1.82) is 0 Å². The summed E-state index contributed by atoms with van der Waals surface area (Å²) >= 11 is 0. The van der Waals surface area contributed by atoms with Gasteiger partial charge in [-0.1, -0.05) is 24.3 Å². The minimum absolute atomic E-state index is 0.00776. The number of rotatable bonds is 6. The molecule has 0 atom stereocenters. The van der Waals surface area contributed by atoms with E-state index in [-0.39, 0.29) is 47.2 Å². The second kappa shape index (κ2) is 8.87. The maximum absolute atomic E-state index is 12.1. The lowest BCUT2D eigenvalue weighted by Gasteiger charge is -2.09. The molecule has 0 unspecified atom stereocenters. The number of phenolic OH excluding ortho intramolecular Hbond substituents is 2. The van der Waals surface area contributed by atoms with Gasteiger partial charge in [0, 0.05) is 11.4 Å². The molecule has 30 heavy (non-hydrogen) atoms. The van der Waals surface area contributed by atoms with Crippen molar-refractivity contribution < 1.29 is 29.3 Å². The molecule has 0 amide bonds. The predicted octanol–water partition coefficient (Wildman–Crippen LogP) is 2.98. The van der Waals surface area contributed by atoms with Crippen molar-refractivity contribution in [2.75, 3.05) is 11.5 Å². The van der Waals surface area contributed by atoms with Gasteiger partial charge in [0.15, 0.2) is 0 Å². The van der Waals surface area contributed by atoms with Crippen molar-refractivity contribution in [3.05, 3.63) is 82.9 Å². The minimum atomic E-state index is -0.648. The van der Waals surface area contributed by atoms with Crippen molar-refractivity contribution in [2.45, 2.75) is 13.2 Å². The average Bonchev–Trinajstić information content (AvgIpc) is 2.74. The van der Waals surface area contributed by atoms with Crippen LogP contribution in [0.4, 0.5) is 11.4 Å². The van der Waals surface area contributed by atoms with Crippen molar-refractivity contribution in [2.24, 2.45) is 0 Å². The number of phenols is 2. The Balaban J connectivity index is 1.55. The molecule has 0 heterocycles. The van der Waals surface area contributed by atoms with Gasteiger partial charge < -0.3 is 31.2 Å². The monoisotopic (exact) mass is 408 g/mol. The lowest BCUT2D eigenvalue weighted by atomic mass is 10.1. The summed E-state index contributed by atoms with van der Waals surface area (Å²) in [5, 5.41) is 18.9. The number of aromatic hydroxyl groups is 2. The minimum Gasteiger partial charge on any atom is -0.508 e. The second-order valence-corrected chi connectivity index (χ2v) is 6.51. The van der Waals surface area contributed by atoms with Crippen LogP contribution in [0.5, 0.6) is 11.5 Å². The first-order chi connectivity index (χ1) is 14.3. The summed E-state index contributed by atoms with van der Waals surface area (Å²) in [5.74, 6) is -1.46. The third kappa shape index (κ3) is 4.99. The molecule has 0 aromatic heterocycles. The Morgan fingerprint density at radius 2 is 1.03 bits per heavy atom. The van der Waals surface area contributed by atoms with Gasteiger partial charge in [-0.25, -0.2) is 9.59 Å². The van der Waals surface area contributed by atoms with E-state index < -0.39 is 11.9 Å². The highest BCUT2D eigenvalue weighted by atomic mass is 16.5. The Morgan fingerprint density at radius 3 is 1.40 bits per heavy atom. The summed E-state index contributed by atoms with van der Waals surface area (Å²) in [6.45, 7) is 0.0155. The van der Waals surface area contributed by atoms with Crippen molar-refractivity contribution >= 4 is 23.3 Å². The molecule has 0 saturated heterocycles. The Bertz CT molecular complexity index is 993. The molecule has 0 saturated carbocycles. The zero-order chi connectivity index (χ0) is 21.7. The van der Waals surface area contributed by atoms with Gasteiger partial charge in [-0.15, -0.1) is 0 Å². The summed E-state index contributed by atoms with van der Waals surface area (Å²) in [4.78, 5) is 24.2. The number of ether oxygens (including phenoxy) is 2. The van der Waals surface area contributed by atoms with Gasteiger partial charge in [-0.2, -0.15) is 0 Å². The normalized spacial score (nSPS) is 10.4. The smallest absolute Gasteiger partial charge is 0.340 e. The number of esters is 2. The van der Waals surface area contributed by atoms with Gasteiger partial charge >= 0.3 is 11.9 Å². The van der Waals surface area contributed by atoms with Crippen LogP contribution in [-0.2, 0) is 22.7 Å². The fraction of sp³-hybridized carbons (Fsp3) is 0.0909. The number of nitrogen functional groups attached to an aromatic ring is 2. The number of carbonyl (C=O) groups is 2. The van der Waals surface area contributed by atoms with Gasteiger partial charge in [0.05, 0.1) is 11.1 Å². The third-order valence-electron chi connectivity index (χ3n) is 4.28. The number of benzene rings is 3. The number of carbonyl (C=O) groups excluding carboxylic acids is 2. The van der Waals surface area contributed by atoms with Gasteiger partial charge in [-0.3, -0.25) is 0 Å². The quantitative estimate of drug-likeness (QED) is 0.277. The Kier molecular flexibility index (Phi) is 6.07. The molecule has 0 bridgehead atoms. The van der Waals surface area contributed by atoms with E-state index in [0.717, 1.165) is 11.1 Å². The van der Waals surface area contributed by atoms with Gasteiger partial charge in [0.25, 0.3) is 0 Å². The van der Waals surface area contributed by atoms with Crippen molar-refractivity contribution in [3.8, 4) is 11.5 Å². The molecule has 0 fully saturated rings. The molecule has 3 rings (SSSR count). The molecule has 154 valence electrons. The molecular weight excluding hydrogens is 388 g/mol. The molecule has 0 aliphatic heterocycles. The average molecular weight is 408 g/mol. The SMILES string of the molecule is Nc1ccc(O)cc1C(=O)OCc1ccc(COC(=O)c2cc(O)ccc2N)cc1. The molecule has 8 heteroatoms. The van der Waals surface area contributed by atoms with Crippen LogP contribution in [0, 0.1) is 0 Å². The lowest BCUT2D eigenvalue weighted by Crippen LogP contribution is -2.09. The summed E-state index contributed by atoms with van der Waals surface area (Å²) in [7, 11) is 0. The highest BCUT2D eigenvalue weighted by Crippen LogP contribution is 2.21. The molecule has 3 aromatic carbocycles. The zero-order valence-corrected chi connectivity index (χ0v) is 15.9. The van der Waals surface area contributed by atoms with E-state index in [1.807, 2.05) is 0 Å². The predicted molar refractivity (Wildman–Crippen MR) is 110 cm³/mol. The molecule has 0 spiro atoms. The maximum Gasteiger partial charge on any atom is 0.340 e. The molecular formula is C22H20N2O6. The summed E-state index contributed by atoms with van der Waals surface area (Å²) in [6, 6.07) is 15.0. The number of hydrogen-bond donors (Lipinski definition) is 4. The third-order valence-corrected chi connectivity index (χ3v) is 4.28. The highest BCUT2D eigenvalue weighted by Gasteiger charge is 2.14. The fourth-order valence-corrected chi connectivity index (χ4v) is 2.63. The summed E-state index contributed by atoms with van der Waals surface area (Å²) in [6.07, 6.45) is 0. The van der Waals surface area contributed by atoms with E-state index in [9.17, 15) is 19.8 Å². The summed E-state index contributed by atoms with van der Waals surface area (Å²) in [5.41, 5.74) is 13.5. The zero-order valence-electron chi connectivity index (χ0n) is 15.9. The Hall–Kier alpha value is -4.20. The van der Waals surface area contributed by atoms with E-state index in [1.54, 1.807) is 24.3 Å². The van der Waals surface area contributed by atoms with E-state index in [1.165, 1.54) is 36.4 Å². The second-order valence-electron chi connectivity index (χ2n) is 6.51. The molecule has 0 radical (unpaired) electrons. The lowest BCUT2D eigenvalue weighted by molar-refractivity contribution is 0.0461. The first-order valence-corrected chi connectivity index (χ1v) is 8.92. The maximum atomic E-state index is 12.1. The highest BCUT2D eigenvalue weighted by molar-refractivity contribution is 5.96. The fourth-order valence-electron chi connectivity index (χ4n) is 2.63. The largest absolute Gasteiger partial charge is 0.508 e. The standard InChI is InChI=1S/C22H20N2O6/c23-19-7-5-15(25)9-17(19)21(27)29-11-13-1-2-14(4-3-13)12-30-22(28)18-10-16(26)6-8-20(18)24/h1-10,25-26H,11-12,23-24H2. The van der Waals surface area contributed by atoms with E-state index in [4.69, 9.17) is 20.9 Å². The van der Waals surface area contributed by atoms with Crippen LogP contribution in [0.2, 0.25) is 0 Å². The van der Waals surface area contributed by atoms with Crippen LogP contribution < -0.4 is 11.5 Å².